The predicted octanol–water partition coefficient (Wildman–Crippen LogP) is 3.84. The van der Waals surface area contributed by atoms with Gasteiger partial charge in [0.15, 0.2) is 0 Å². The molecule has 0 unspecified atom stereocenters. The molecule has 162 valence electrons. The topological polar surface area (TPSA) is 73.5 Å². The first-order valence-corrected chi connectivity index (χ1v) is 11.6. The van der Waals surface area contributed by atoms with Crippen LogP contribution in [0, 0.1) is 14.8 Å². The molecule has 30 heavy (non-hydrogen) atoms. The summed E-state index contributed by atoms with van der Waals surface area (Å²) in [6.07, 6.45) is 0.574. The van der Waals surface area contributed by atoms with Crippen molar-refractivity contribution in [2.75, 3.05) is 39.0 Å². The van der Waals surface area contributed by atoms with Crippen molar-refractivity contribution in [2.45, 2.75) is 20.3 Å². The Morgan fingerprint density at radius 2 is 2.10 bits per heavy atom. The Kier molecular flexibility index (Phi) is 7.03. The lowest BCUT2D eigenvalue weighted by Gasteiger charge is -2.22. The Balaban J connectivity index is 2.03. The van der Waals surface area contributed by atoms with Crippen LogP contribution in [0.5, 0.6) is 0 Å². The number of amides is 2. The first-order chi connectivity index (χ1) is 14.1. The summed E-state index contributed by atoms with van der Waals surface area (Å²) in [4.78, 5) is 28.3. The fraction of sp³-hybridized carbons (Fsp3) is 0.429. The number of carbonyl (C=O) groups excluding carboxylic acids is 2. The van der Waals surface area contributed by atoms with Gasteiger partial charge in [0.05, 0.1) is 16.1 Å². The number of fused-ring (bicyclic) bond motifs is 1. The van der Waals surface area contributed by atoms with Gasteiger partial charge in [-0.25, -0.2) is 4.39 Å². The Hall–Kier alpha value is -1.72. The summed E-state index contributed by atoms with van der Waals surface area (Å²) in [5.74, 6) is -0.860. The lowest BCUT2D eigenvalue weighted by molar-refractivity contribution is 0.0944. The van der Waals surface area contributed by atoms with E-state index < -0.39 is 5.82 Å². The van der Waals surface area contributed by atoms with Crippen molar-refractivity contribution >= 4 is 56.4 Å². The average Bonchev–Trinajstić information content (AvgIpc) is 2.93. The fourth-order valence-corrected chi connectivity index (χ4v) is 4.88. The van der Waals surface area contributed by atoms with Crippen molar-refractivity contribution in [3.05, 3.63) is 43.6 Å². The normalized spacial score (nSPS) is 15.4. The van der Waals surface area contributed by atoms with Crippen molar-refractivity contribution in [2.24, 2.45) is 5.41 Å². The molecule has 0 aliphatic carbocycles. The highest BCUT2D eigenvalue weighted by Crippen LogP contribution is 2.40. The van der Waals surface area contributed by atoms with E-state index in [2.05, 4.69) is 29.8 Å². The fourth-order valence-electron chi connectivity index (χ4n) is 3.28. The van der Waals surface area contributed by atoms with Crippen LogP contribution in [0.2, 0.25) is 0 Å². The number of carbonyl (C=O) groups is 2. The van der Waals surface area contributed by atoms with Crippen LogP contribution in [0.25, 0.3) is 0 Å². The molecule has 1 aromatic heterocycles. The maximum absolute atomic E-state index is 14.5. The molecule has 0 spiro atoms. The van der Waals surface area contributed by atoms with E-state index in [0.29, 0.717) is 41.5 Å². The van der Waals surface area contributed by atoms with Crippen LogP contribution < -0.4 is 16.0 Å². The van der Waals surface area contributed by atoms with E-state index in [1.54, 1.807) is 12.1 Å². The van der Waals surface area contributed by atoms with Gasteiger partial charge in [-0.3, -0.25) is 9.59 Å². The first-order valence-electron chi connectivity index (χ1n) is 9.66. The molecule has 2 heterocycles. The predicted molar refractivity (Wildman–Crippen MR) is 127 cm³/mol. The number of hydrogen-bond donors (Lipinski definition) is 3. The zero-order valence-corrected chi connectivity index (χ0v) is 20.5. The quantitative estimate of drug-likeness (QED) is 0.484. The molecule has 0 radical (unpaired) electrons. The third kappa shape index (κ3) is 5.30. The van der Waals surface area contributed by atoms with Gasteiger partial charge in [-0.05, 0) is 72.3 Å². The lowest BCUT2D eigenvalue weighted by atomic mass is 9.85. The van der Waals surface area contributed by atoms with Crippen molar-refractivity contribution in [1.82, 2.24) is 15.5 Å². The largest absolute Gasteiger partial charge is 0.351 e. The van der Waals surface area contributed by atoms with Crippen molar-refractivity contribution in [1.29, 1.82) is 0 Å². The molecular formula is C21H26FIN4O2S. The number of anilines is 2. The van der Waals surface area contributed by atoms with Gasteiger partial charge in [-0.15, -0.1) is 11.3 Å². The number of hydrogen-bond acceptors (Lipinski definition) is 5. The van der Waals surface area contributed by atoms with Crippen molar-refractivity contribution in [3.8, 4) is 0 Å². The molecule has 1 aromatic carbocycles. The van der Waals surface area contributed by atoms with Gasteiger partial charge in [0.25, 0.3) is 11.8 Å². The minimum atomic E-state index is -0.408. The third-order valence-corrected chi connectivity index (χ3v) is 6.66. The second-order valence-corrected chi connectivity index (χ2v) is 10.7. The van der Waals surface area contributed by atoms with E-state index in [1.807, 2.05) is 41.6 Å². The molecule has 3 N–H and O–H groups in total. The summed E-state index contributed by atoms with van der Waals surface area (Å²) in [5, 5.41) is 9.42. The van der Waals surface area contributed by atoms with Crippen LogP contribution in [0.4, 0.5) is 15.1 Å². The van der Waals surface area contributed by atoms with Gasteiger partial charge >= 0.3 is 0 Å². The maximum atomic E-state index is 14.5. The van der Waals surface area contributed by atoms with E-state index in [0.717, 1.165) is 9.13 Å². The number of rotatable bonds is 6. The number of halogens is 2. The molecular weight excluding hydrogens is 518 g/mol. The minimum Gasteiger partial charge on any atom is -0.351 e. The van der Waals surface area contributed by atoms with Gasteiger partial charge in [0.1, 0.15) is 10.8 Å². The number of thiophene rings is 1. The molecule has 6 nitrogen and oxygen atoms in total. The summed E-state index contributed by atoms with van der Waals surface area (Å²) in [6.45, 7) is 5.81. The zero-order valence-electron chi connectivity index (χ0n) is 17.5. The van der Waals surface area contributed by atoms with E-state index in [-0.39, 0.29) is 22.9 Å². The van der Waals surface area contributed by atoms with Crippen LogP contribution >= 0.6 is 33.9 Å². The van der Waals surface area contributed by atoms with Gasteiger partial charge in [0, 0.05) is 23.2 Å². The van der Waals surface area contributed by atoms with Gasteiger partial charge in [-0.1, -0.05) is 13.8 Å². The van der Waals surface area contributed by atoms with E-state index in [9.17, 15) is 14.0 Å². The Labute approximate surface area is 193 Å². The number of benzene rings is 1. The number of nitrogens with zero attached hydrogens (tertiary/aromatic N) is 1. The van der Waals surface area contributed by atoms with Gasteiger partial charge in [-0.2, -0.15) is 0 Å². The highest BCUT2D eigenvalue weighted by atomic mass is 127. The lowest BCUT2D eigenvalue weighted by Crippen LogP contribution is -2.33. The molecule has 2 aromatic rings. The van der Waals surface area contributed by atoms with Gasteiger partial charge in [0.2, 0.25) is 0 Å². The molecule has 2 amide bonds. The summed E-state index contributed by atoms with van der Waals surface area (Å²) >= 11 is 3.24. The second kappa shape index (κ2) is 9.19. The van der Waals surface area contributed by atoms with Crippen LogP contribution in [-0.2, 0) is 6.42 Å². The average molecular weight is 544 g/mol. The van der Waals surface area contributed by atoms with E-state index in [4.69, 9.17) is 0 Å². The molecule has 0 fully saturated rings. The number of likely N-dealkylation sites (N-methyl/N-ethyl adjacent to an activating group) is 1. The summed E-state index contributed by atoms with van der Waals surface area (Å²) < 4.78 is 15.2. The highest BCUT2D eigenvalue weighted by molar-refractivity contribution is 14.1. The zero-order chi connectivity index (χ0) is 22.1. The van der Waals surface area contributed by atoms with Crippen LogP contribution in [0.1, 0.15) is 39.4 Å². The molecule has 1 aliphatic rings. The molecule has 0 atom stereocenters. The number of nitrogens with one attached hydrogen (secondary N) is 3. The smallest absolute Gasteiger partial charge is 0.261 e. The molecule has 0 saturated heterocycles. The standard InChI is InChI=1S/C21H26FIN4O2S/c1-21(2)10-13-16(18(28)24-7-8-27(3)4)20(30-17(13)19(29)25-11-21)26-15-6-5-12(23)9-14(15)22/h5-6,9,26H,7-8,10-11H2,1-4H3,(H,24,28)(H,25,29). The summed E-state index contributed by atoms with van der Waals surface area (Å²) in [7, 11) is 3.87. The Bertz CT molecular complexity index is 974. The molecule has 3 rings (SSSR count). The second-order valence-electron chi connectivity index (χ2n) is 8.45. The van der Waals surface area contributed by atoms with Crippen LogP contribution in [0.3, 0.4) is 0 Å². The van der Waals surface area contributed by atoms with Gasteiger partial charge < -0.3 is 20.9 Å². The Morgan fingerprint density at radius 3 is 2.77 bits per heavy atom. The monoisotopic (exact) mass is 544 g/mol. The summed E-state index contributed by atoms with van der Waals surface area (Å²) in [6, 6.07) is 4.85. The Morgan fingerprint density at radius 1 is 1.37 bits per heavy atom. The van der Waals surface area contributed by atoms with Crippen LogP contribution in [-0.4, -0.2) is 50.4 Å². The molecule has 0 saturated carbocycles. The van der Waals surface area contributed by atoms with Crippen molar-refractivity contribution < 1.29 is 14.0 Å². The highest BCUT2D eigenvalue weighted by Gasteiger charge is 2.34. The first kappa shape index (κ1) is 23.0. The SMILES string of the molecule is CN(C)CCNC(=O)c1c(Nc2ccc(I)cc2F)sc2c1CC(C)(C)CNC2=O. The van der Waals surface area contributed by atoms with Crippen molar-refractivity contribution in [3.63, 3.8) is 0 Å². The van der Waals surface area contributed by atoms with Crippen LogP contribution in [0.15, 0.2) is 18.2 Å². The third-order valence-electron chi connectivity index (χ3n) is 4.85. The molecule has 9 heteroatoms. The molecule has 1 aliphatic heterocycles. The van der Waals surface area contributed by atoms with E-state index in [1.165, 1.54) is 17.4 Å². The summed E-state index contributed by atoms with van der Waals surface area (Å²) in [5.41, 5.74) is 1.22. The van der Waals surface area contributed by atoms with E-state index >= 15 is 0 Å². The maximum Gasteiger partial charge on any atom is 0.261 e. The molecule has 0 bridgehead atoms. The minimum absolute atomic E-state index is 0.195.